The van der Waals surface area contributed by atoms with E-state index in [1.54, 1.807) is 6.08 Å². The predicted molar refractivity (Wildman–Crippen MR) is 133 cm³/mol. The van der Waals surface area contributed by atoms with E-state index in [9.17, 15) is 9.59 Å². The third-order valence-corrected chi connectivity index (χ3v) is 6.27. The van der Waals surface area contributed by atoms with Gasteiger partial charge in [-0.15, -0.1) is 0 Å². The summed E-state index contributed by atoms with van der Waals surface area (Å²) in [4.78, 5) is 26.9. The summed E-state index contributed by atoms with van der Waals surface area (Å²) in [6.07, 6.45) is 5.42. The van der Waals surface area contributed by atoms with Crippen LogP contribution in [0.2, 0.25) is 0 Å². The van der Waals surface area contributed by atoms with Gasteiger partial charge in [0.05, 0.1) is 0 Å². The van der Waals surface area contributed by atoms with Crippen molar-refractivity contribution in [1.29, 1.82) is 0 Å². The van der Waals surface area contributed by atoms with Crippen LogP contribution in [0.4, 0.5) is 10.5 Å². The van der Waals surface area contributed by atoms with Crippen molar-refractivity contribution < 1.29 is 9.59 Å². The third-order valence-electron chi connectivity index (χ3n) is 5.46. The Morgan fingerprint density at radius 3 is 2.30 bits per heavy atom. The van der Waals surface area contributed by atoms with E-state index >= 15 is 0 Å². The Labute approximate surface area is 203 Å². The normalized spacial score (nSPS) is 13.0. The van der Waals surface area contributed by atoms with E-state index in [2.05, 4.69) is 27.5 Å². The molecule has 3 aromatic rings. The fraction of sp³-hybridized carbons (Fsp3) is 0.185. The molecule has 3 amide bonds. The molecule has 6 heteroatoms. The molecule has 0 atom stereocenters. The Hall–Kier alpha value is -3.30. The summed E-state index contributed by atoms with van der Waals surface area (Å²) in [6, 6.07) is 25.8. The van der Waals surface area contributed by atoms with Crippen LogP contribution in [-0.4, -0.2) is 39.7 Å². The van der Waals surface area contributed by atoms with Crippen molar-refractivity contribution in [3.05, 3.63) is 102 Å². The van der Waals surface area contributed by atoms with Crippen LogP contribution in [0.3, 0.4) is 0 Å². The number of hydrogen-bond donors (Lipinski definition) is 2. The van der Waals surface area contributed by atoms with Crippen molar-refractivity contribution in [2.45, 2.75) is 32.0 Å². The van der Waals surface area contributed by atoms with E-state index in [-0.39, 0.29) is 11.9 Å². The van der Waals surface area contributed by atoms with Crippen LogP contribution in [0.5, 0.6) is 0 Å². The molecule has 0 aliphatic heterocycles. The van der Waals surface area contributed by atoms with Crippen LogP contribution in [-0.2, 0) is 17.9 Å². The number of rotatable bonds is 8. The van der Waals surface area contributed by atoms with Crippen molar-refractivity contribution in [2.75, 3.05) is 5.32 Å². The van der Waals surface area contributed by atoms with Crippen molar-refractivity contribution in [3.8, 4) is 0 Å². The molecule has 2 N–H and O–H groups in total. The SMILES string of the molecule is O=C(/C=C/c1ccc(CN(C(=O)NCc2ccccc2)C2CC2)cc1)Nc1ccccc1[As]. The molecule has 3 aromatic carbocycles. The fourth-order valence-corrected chi connectivity index (χ4v) is 3.94. The number of carbonyl (C=O) groups is 2. The van der Waals surface area contributed by atoms with Gasteiger partial charge in [0.15, 0.2) is 0 Å². The van der Waals surface area contributed by atoms with Gasteiger partial charge in [-0.3, -0.25) is 0 Å². The first-order valence-corrected chi connectivity index (χ1v) is 12.0. The molecular formula is C27H26AsN3O2. The monoisotopic (exact) mass is 499 g/mol. The Bertz CT molecular complexity index is 1130. The van der Waals surface area contributed by atoms with Gasteiger partial charge in [0, 0.05) is 12.6 Å². The molecule has 1 aliphatic rings. The summed E-state index contributed by atoms with van der Waals surface area (Å²) in [6.45, 7) is 1.09. The number of hydrogen-bond acceptors (Lipinski definition) is 2. The molecule has 0 aromatic heterocycles. The van der Waals surface area contributed by atoms with E-state index in [0.717, 1.165) is 39.6 Å². The molecule has 0 spiro atoms. The van der Waals surface area contributed by atoms with Crippen molar-refractivity contribution in [2.24, 2.45) is 0 Å². The molecule has 4 rings (SSSR count). The van der Waals surface area contributed by atoms with Gasteiger partial charge in [-0.2, -0.15) is 0 Å². The molecule has 0 heterocycles. The fourth-order valence-electron chi connectivity index (χ4n) is 3.48. The summed E-state index contributed by atoms with van der Waals surface area (Å²) in [5, 5.41) is 5.92. The van der Waals surface area contributed by atoms with Crippen LogP contribution >= 0.6 is 0 Å². The Balaban J connectivity index is 1.32. The van der Waals surface area contributed by atoms with Crippen molar-refractivity contribution in [3.63, 3.8) is 0 Å². The van der Waals surface area contributed by atoms with Crippen LogP contribution in [0.15, 0.2) is 84.9 Å². The number of benzene rings is 3. The second-order valence-electron chi connectivity index (χ2n) is 8.08. The number of para-hydroxylation sites is 1. The van der Waals surface area contributed by atoms with E-state index in [1.165, 1.54) is 6.08 Å². The van der Waals surface area contributed by atoms with E-state index < -0.39 is 0 Å². The molecular weight excluding hydrogens is 473 g/mol. The predicted octanol–water partition coefficient (Wildman–Crippen LogP) is 4.01. The molecule has 5 nitrogen and oxygen atoms in total. The van der Waals surface area contributed by atoms with Crippen LogP contribution in [0.25, 0.3) is 6.08 Å². The maximum atomic E-state index is 12.8. The first-order chi connectivity index (χ1) is 16.1. The van der Waals surface area contributed by atoms with Gasteiger partial charge in [-0.1, -0.05) is 30.3 Å². The van der Waals surface area contributed by atoms with Crippen LogP contribution in [0, 0.1) is 0 Å². The Kier molecular flexibility index (Phi) is 7.64. The summed E-state index contributed by atoms with van der Waals surface area (Å²) in [5.41, 5.74) is 3.87. The van der Waals surface area contributed by atoms with Gasteiger partial charge in [-0.25, -0.2) is 4.79 Å². The molecule has 1 fully saturated rings. The molecule has 0 saturated heterocycles. The van der Waals surface area contributed by atoms with Crippen LogP contribution in [0.1, 0.15) is 29.5 Å². The molecule has 2 radical (unpaired) electrons. The molecule has 1 aliphatic carbocycles. The zero-order valence-corrected chi connectivity index (χ0v) is 20.2. The Morgan fingerprint density at radius 1 is 0.909 bits per heavy atom. The van der Waals surface area contributed by atoms with E-state index in [0.29, 0.717) is 19.1 Å². The topological polar surface area (TPSA) is 61.4 Å². The molecule has 1 saturated carbocycles. The van der Waals surface area contributed by atoms with E-state index in [1.807, 2.05) is 83.8 Å². The first-order valence-electron chi connectivity index (χ1n) is 11.0. The van der Waals surface area contributed by atoms with Gasteiger partial charge in [0.2, 0.25) is 0 Å². The number of nitrogens with zero attached hydrogens (tertiary/aromatic N) is 1. The van der Waals surface area contributed by atoms with Gasteiger partial charge in [0.1, 0.15) is 0 Å². The van der Waals surface area contributed by atoms with Crippen molar-refractivity contribution >= 4 is 44.9 Å². The molecule has 166 valence electrons. The molecule has 0 bridgehead atoms. The zero-order chi connectivity index (χ0) is 23.0. The second-order valence-corrected chi connectivity index (χ2v) is 9.10. The Morgan fingerprint density at radius 2 is 1.61 bits per heavy atom. The number of urea groups is 1. The number of amides is 3. The summed E-state index contributed by atoms with van der Waals surface area (Å²) < 4.78 is 0.962. The minimum absolute atomic E-state index is 0.0307. The molecule has 0 unspecified atom stereocenters. The third kappa shape index (κ3) is 6.84. The first kappa shape index (κ1) is 22.9. The quantitative estimate of drug-likeness (QED) is 0.364. The summed E-state index contributed by atoms with van der Waals surface area (Å²) in [7, 11) is 0. The minimum atomic E-state index is -0.174. The van der Waals surface area contributed by atoms with Crippen molar-refractivity contribution in [1.82, 2.24) is 10.2 Å². The van der Waals surface area contributed by atoms with Gasteiger partial charge in [0.25, 0.3) is 0 Å². The van der Waals surface area contributed by atoms with E-state index in [4.69, 9.17) is 0 Å². The number of anilines is 1. The number of nitrogens with one attached hydrogen (secondary N) is 2. The second kappa shape index (κ2) is 11.0. The summed E-state index contributed by atoms with van der Waals surface area (Å²) >= 11 is 2.45. The van der Waals surface area contributed by atoms with Gasteiger partial charge < -0.3 is 5.32 Å². The maximum absolute atomic E-state index is 12.8. The van der Waals surface area contributed by atoms with Gasteiger partial charge >= 0.3 is 132 Å². The van der Waals surface area contributed by atoms with Crippen LogP contribution < -0.4 is 15.0 Å². The average Bonchev–Trinajstić information content (AvgIpc) is 3.68. The molecule has 33 heavy (non-hydrogen) atoms. The van der Waals surface area contributed by atoms with Gasteiger partial charge in [-0.05, 0) is 18.4 Å². The number of carbonyl (C=O) groups excluding carboxylic acids is 2. The average molecular weight is 499 g/mol. The standard InChI is InChI=1S/C27H26AsN3O2/c28-24-8-4-5-9-25(24)30-26(32)17-14-20-10-12-22(13-11-20)19-31(23-15-16-23)27(33)29-18-21-6-2-1-3-7-21/h1-14,17,23H,15-16,18-19H2,(H,29,33)(H,30,32)/b17-14+. The zero-order valence-electron chi connectivity index (χ0n) is 18.3. The summed E-state index contributed by atoms with van der Waals surface area (Å²) in [5.74, 6) is -0.174.